The number of hydrogen-bond donors (Lipinski definition) is 2. The van der Waals surface area contributed by atoms with E-state index in [2.05, 4.69) is 62.6 Å². The van der Waals surface area contributed by atoms with Crippen LogP contribution in [0.2, 0.25) is 0 Å². The van der Waals surface area contributed by atoms with Crippen LogP contribution < -0.4 is 15.8 Å². The Morgan fingerprint density at radius 1 is 0.825 bits per heavy atom. The van der Waals surface area contributed by atoms with Gasteiger partial charge in [0.15, 0.2) is 0 Å². The summed E-state index contributed by atoms with van der Waals surface area (Å²) < 4.78 is 11.1. The fraction of sp³-hybridized carbons (Fsp3) is 0.452. The quantitative estimate of drug-likeness (QED) is 0.321. The second-order valence-corrected chi connectivity index (χ2v) is 13.1. The second kappa shape index (κ2) is 11.8. The van der Waals surface area contributed by atoms with Crippen LogP contribution >= 0.6 is 23.5 Å². The van der Waals surface area contributed by atoms with Gasteiger partial charge in [-0.25, -0.2) is 0 Å². The van der Waals surface area contributed by atoms with Crippen LogP contribution in [0.25, 0.3) is 11.3 Å². The molecule has 3 aliphatic heterocycles. The minimum absolute atomic E-state index is 0.0701. The second-order valence-electron chi connectivity index (χ2n) is 11.0. The van der Waals surface area contributed by atoms with Crippen LogP contribution in [0.4, 0.5) is 11.4 Å². The molecular formula is C31H36N4O3S2. The maximum Gasteiger partial charge on any atom is 0.250 e. The number of anilines is 2. The molecular weight excluding hydrogens is 541 g/mol. The Morgan fingerprint density at radius 3 is 2.48 bits per heavy atom. The van der Waals surface area contributed by atoms with E-state index in [4.69, 9.17) is 9.47 Å². The van der Waals surface area contributed by atoms with Crippen molar-refractivity contribution in [2.24, 2.45) is 0 Å². The van der Waals surface area contributed by atoms with Crippen LogP contribution in [0.3, 0.4) is 0 Å². The molecule has 4 aliphatic rings. The van der Waals surface area contributed by atoms with Crippen molar-refractivity contribution >= 4 is 34.9 Å². The van der Waals surface area contributed by atoms with E-state index in [1.165, 1.54) is 51.0 Å². The van der Waals surface area contributed by atoms with E-state index in [9.17, 15) is 4.79 Å². The summed E-state index contributed by atoms with van der Waals surface area (Å²) >= 11 is 3.63. The monoisotopic (exact) mass is 576 g/mol. The molecule has 0 spiro atoms. The third kappa shape index (κ3) is 5.54. The van der Waals surface area contributed by atoms with Crippen molar-refractivity contribution in [2.75, 3.05) is 62.8 Å². The molecule has 2 aromatic carbocycles. The molecule has 0 amide bonds. The van der Waals surface area contributed by atoms with Gasteiger partial charge in [0.05, 0.1) is 32.1 Å². The van der Waals surface area contributed by atoms with Gasteiger partial charge in [-0.05, 0) is 43.2 Å². The fourth-order valence-electron chi connectivity index (χ4n) is 6.42. The molecule has 1 saturated carbocycles. The molecule has 7 nitrogen and oxygen atoms in total. The van der Waals surface area contributed by atoms with Crippen LogP contribution in [0.15, 0.2) is 72.9 Å². The van der Waals surface area contributed by atoms with Crippen LogP contribution in [0.5, 0.6) is 0 Å². The van der Waals surface area contributed by atoms with E-state index < -0.39 is 0 Å². The molecule has 1 aliphatic carbocycles. The molecule has 2 N–H and O–H groups in total. The Bertz CT molecular complexity index is 1420. The number of benzene rings is 2. The Balaban J connectivity index is 1.12. The summed E-state index contributed by atoms with van der Waals surface area (Å²) in [5.74, 6) is 0. The van der Waals surface area contributed by atoms with Crippen molar-refractivity contribution in [3.05, 3.63) is 58.9 Å². The number of nitrogens with one attached hydrogen (secondary N) is 2. The number of ether oxygens (including phenoxy) is 2. The average molecular weight is 577 g/mol. The van der Waals surface area contributed by atoms with E-state index >= 15 is 0 Å². The van der Waals surface area contributed by atoms with Gasteiger partial charge in [-0.3, -0.25) is 9.69 Å². The van der Waals surface area contributed by atoms with E-state index in [1.54, 1.807) is 17.8 Å². The fourth-order valence-corrected chi connectivity index (χ4v) is 8.83. The van der Waals surface area contributed by atoms with Gasteiger partial charge in [-0.1, -0.05) is 48.5 Å². The van der Waals surface area contributed by atoms with Crippen molar-refractivity contribution < 1.29 is 9.47 Å². The largest absolute Gasteiger partial charge is 0.381 e. The zero-order chi connectivity index (χ0) is 26.9. The molecule has 9 heteroatoms. The highest BCUT2D eigenvalue weighted by Gasteiger charge is 2.31. The molecule has 2 unspecified atom stereocenters. The van der Waals surface area contributed by atoms with Gasteiger partial charge >= 0.3 is 0 Å². The first kappa shape index (κ1) is 26.5. The molecule has 2 atom stereocenters. The average Bonchev–Trinajstić information content (AvgIpc) is 3.00. The van der Waals surface area contributed by atoms with E-state index in [-0.39, 0.29) is 5.56 Å². The van der Waals surface area contributed by atoms with Crippen molar-refractivity contribution in [3.8, 4) is 11.3 Å². The summed E-state index contributed by atoms with van der Waals surface area (Å²) in [5, 5.41) is 3.92. The molecule has 3 aromatic rings. The molecule has 1 aromatic heterocycles. The standard InChI is InChI=1S/C31H36N4O3S2/c36-30-20-22(34-10-14-37-15-11-34)19-25(33-30)23-4-3-7-28-31(23)40-27-9-8-21(18-29(27)39-28)32-24-5-1-2-6-26(24)35-12-16-38-17-13-35/h3-4,7-9,18-20,24,26,32H,1-2,5-6,10-17H2,(H,33,36). The number of H-pyrrole nitrogens is 1. The number of hydrogen-bond acceptors (Lipinski definition) is 8. The summed E-state index contributed by atoms with van der Waals surface area (Å²) in [6.45, 7) is 6.77. The van der Waals surface area contributed by atoms with Gasteiger partial charge in [0.2, 0.25) is 5.56 Å². The van der Waals surface area contributed by atoms with Crippen LogP contribution in [-0.2, 0) is 9.47 Å². The SMILES string of the molecule is O=c1cc(N2CCOCC2)cc(-c2cccc3c2Sc2ccc(NC4CCCCC4N4CCOCC4)cc2S3)[nH]1. The van der Waals surface area contributed by atoms with Gasteiger partial charge in [0.25, 0.3) is 0 Å². The normalized spacial score (nSPS) is 23.4. The lowest BCUT2D eigenvalue weighted by atomic mass is 9.88. The topological polar surface area (TPSA) is 69.8 Å². The Morgan fingerprint density at radius 2 is 1.62 bits per heavy atom. The molecule has 0 radical (unpaired) electrons. The number of rotatable bonds is 5. The molecule has 2 saturated heterocycles. The van der Waals surface area contributed by atoms with Gasteiger partial charge in [-0.15, -0.1) is 0 Å². The van der Waals surface area contributed by atoms with E-state index in [1.807, 2.05) is 11.8 Å². The lowest BCUT2D eigenvalue weighted by Crippen LogP contribution is -2.52. The van der Waals surface area contributed by atoms with Gasteiger partial charge in [-0.2, -0.15) is 0 Å². The molecule has 7 rings (SSSR count). The third-order valence-corrected chi connectivity index (χ3v) is 11.0. The maximum absolute atomic E-state index is 12.7. The Kier molecular flexibility index (Phi) is 7.82. The highest BCUT2D eigenvalue weighted by molar-refractivity contribution is 8.05. The molecule has 40 heavy (non-hydrogen) atoms. The van der Waals surface area contributed by atoms with Crippen molar-refractivity contribution in [2.45, 2.75) is 57.3 Å². The summed E-state index contributed by atoms with van der Waals surface area (Å²) in [5.41, 5.74) is 4.04. The predicted molar refractivity (Wildman–Crippen MR) is 162 cm³/mol. The number of aromatic amines is 1. The first-order chi connectivity index (χ1) is 19.7. The highest BCUT2D eigenvalue weighted by Crippen LogP contribution is 2.52. The summed E-state index contributed by atoms with van der Waals surface area (Å²) in [4.78, 5) is 25.6. The molecule has 3 fully saturated rings. The molecule has 210 valence electrons. The summed E-state index contributed by atoms with van der Waals surface area (Å²) in [6, 6.07) is 18.1. The van der Waals surface area contributed by atoms with Crippen molar-refractivity contribution in [3.63, 3.8) is 0 Å². The molecule has 4 heterocycles. The first-order valence-electron chi connectivity index (χ1n) is 14.5. The predicted octanol–water partition coefficient (Wildman–Crippen LogP) is 5.55. The highest BCUT2D eigenvalue weighted by atomic mass is 32.2. The maximum atomic E-state index is 12.7. The number of pyridine rings is 1. The number of fused-ring (bicyclic) bond motifs is 2. The van der Waals surface area contributed by atoms with Crippen LogP contribution in [0, 0.1) is 0 Å². The van der Waals surface area contributed by atoms with E-state index in [0.717, 1.165) is 56.3 Å². The number of morpholine rings is 2. The summed E-state index contributed by atoms with van der Waals surface area (Å²) in [6.07, 6.45) is 5.09. The summed E-state index contributed by atoms with van der Waals surface area (Å²) in [7, 11) is 0. The van der Waals surface area contributed by atoms with Crippen molar-refractivity contribution in [1.82, 2.24) is 9.88 Å². The van der Waals surface area contributed by atoms with Crippen LogP contribution in [0.1, 0.15) is 25.7 Å². The van der Waals surface area contributed by atoms with Gasteiger partial charge in [0, 0.05) is 80.8 Å². The Hall–Kier alpha value is -2.43. The van der Waals surface area contributed by atoms with Crippen LogP contribution in [-0.4, -0.2) is 74.6 Å². The first-order valence-corrected chi connectivity index (χ1v) is 16.1. The minimum atomic E-state index is -0.0701. The van der Waals surface area contributed by atoms with Crippen molar-refractivity contribution in [1.29, 1.82) is 0 Å². The number of aromatic nitrogens is 1. The van der Waals surface area contributed by atoms with E-state index in [0.29, 0.717) is 25.3 Å². The zero-order valence-corrected chi connectivity index (χ0v) is 24.3. The molecule has 0 bridgehead atoms. The minimum Gasteiger partial charge on any atom is -0.381 e. The van der Waals surface area contributed by atoms with Gasteiger partial charge < -0.3 is 24.7 Å². The third-order valence-electron chi connectivity index (χ3n) is 8.45. The Labute approximate surface area is 244 Å². The lowest BCUT2D eigenvalue weighted by Gasteiger charge is -2.42. The zero-order valence-electron chi connectivity index (χ0n) is 22.7. The lowest BCUT2D eigenvalue weighted by molar-refractivity contribution is 0.00560. The number of nitrogens with zero attached hydrogens (tertiary/aromatic N) is 2. The smallest absolute Gasteiger partial charge is 0.250 e. The van der Waals surface area contributed by atoms with Gasteiger partial charge in [0.1, 0.15) is 0 Å².